The van der Waals surface area contributed by atoms with Gasteiger partial charge in [0.25, 0.3) is 5.91 Å². The summed E-state index contributed by atoms with van der Waals surface area (Å²) in [5.41, 5.74) is 0.376. The molecule has 0 saturated carbocycles. The molecule has 0 atom stereocenters. The molecule has 20 heavy (non-hydrogen) atoms. The van der Waals surface area contributed by atoms with Gasteiger partial charge in [-0.25, -0.2) is 4.39 Å². The number of nitrogens with one attached hydrogen (secondary N) is 1. The average Bonchev–Trinajstić information content (AvgIpc) is 2.41. The Hall–Kier alpha value is -1.18. The standard InChI is InChI=1S/C14H16FIN2O2/c1-9(19)17-11-4-6-18(7-5-11)14(20)10-2-3-13(16)12(15)8-10/h2-3,8,11H,4-7H2,1H3,(H,17,19). The minimum Gasteiger partial charge on any atom is -0.353 e. The summed E-state index contributed by atoms with van der Waals surface area (Å²) in [6, 6.07) is 4.66. The van der Waals surface area contributed by atoms with E-state index in [9.17, 15) is 14.0 Å². The Morgan fingerprint density at radius 1 is 1.35 bits per heavy atom. The average molecular weight is 390 g/mol. The first-order valence-corrected chi connectivity index (χ1v) is 7.56. The Kier molecular flexibility index (Phi) is 4.95. The van der Waals surface area contributed by atoms with Crippen LogP contribution >= 0.6 is 22.6 Å². The van der Waals surface area contributed by atoms with Crippen LogP contribution in [0.1, 0.15) is 30.1 Å². The van der Waals surface area contributed by atoms with Gasteiger partial charge in [-0.3, -0.25) is 9.59 Å². The first kappa shape index (κ1) is 15.2. The molecule has 0 aliphatic carbocycles. The van der Waals surface area contributed by atoms with E-state index >= 15 is 0 Å². The van der Waals surface area contributed by atoms with Gasteiger partial charge in [0.05, 0.1) is 0 Å². The van der Waals surface area contributed by atoms with Gasteiger partial charge in [0, 0.05) is 35.2 Å². The molecule has 4 nitrogen and oxygen atoms in total. The summed E-state index contributed by atoms with van der Waals surface area (Å²) in [6.07, 6.45) is 1.47. The predicted octanol–water partition coefficient (Wildman–Crippen LogP) is 2.17. The number of hydrogen-bond donors (Lipinski definition) is 1. The van der Waals surface area contributed by atoms with Crippen LogP contribution in [0.3, 0.4) is 0 Å². The van der Waals surface area contributed by atoms with Crippen LogP contribution in [0, 0.1) is 9.39 Å². The lowest BCUT2D eigenvalue weighted by atomic mass is 10.0. The number of carbonyl (C=O) groups is 2. The van der Waals surface area contributed by atoms with Crippen molar-refractivity contribution >= 4 is 34.4 Å². The zero-order valence-corrected chi connectivity index (χ0v) is 13.3. The van der Waals surface area contributed by atoms with Crippen molar-refractivity contribution in [1.82, 2.24) is 10.2 Å². The molecule has 0 radical (unpaired) electrons. The van der Waals surface area contributed by atoms with Crippen molar-refractivity contribution in [2.45, 2.75) is 25.8 Å². The third-order valence-corrected chi connectivity index (χ3v) is 4.23. The summed E-state index contributed by atoms with van der Waals surface area (Å²) in [5.74, 6) is -0.569. The first-order chi connectivity index (χ1) is 9.47. The van der Waals surface area contributed by atoms with E-state index in [1.807, 2.05) is 22.6 Å². The summed E-state index contributed by atoms with van der Waals surface area (Å²) in [7, 11) is 0. The number of benzene rings is 1. The molecule has 1 heterocycles. The monoisotopic (exact) mass is 390 g/mol. The quantitative estimate of drug-likeness (QED) is 0.788. The molecule has 1 aromatic rings. The highest BCUT2D eigenvalue weighted by molar-refractivity contribution is 14.1. The van der Waals surface area contributed by atoms with Crippen LogP contribution in [0.2, 0.25) is 0 Å². The number of nitrogens with zero attached hydrogens (tertiary/aromatic N) is 1. The summed E-state index contributed by atoms with van der Waals surface area (Å²) >= 11 is 1.89. The van der Waals surface area contributed by atoms with Crippen LogP contribution in [0.25, 0.3) is 0 Å². The highest BCUT2D eigenvalue weighted by atomic mass is 127. The molecule has 1 N–H and O–H groups in total. The molecule has 0 bridgehead atoms. The second kappa shape index (κ2) is 6.51. The summed E-state index contributed by atoms with van der Waals surface area (Å²) in [6.45, 7) is 2.65. The fourth-order valence-corrected chi connectivity index (χ4v) is 2.66. The Balaban J connectivity index is 1.97. The first-order valence-electron chi connectivity index (χ1n) is 6.49. The molecule has 1 saturated heterocycles. The van der Waals surface area contributed by atoms with Crippen molar-refractivity contribution in [2.24, 2.45) is 0 Å². The fraction of sp³-hybridized carbons (Fsp3) is 0.429. The van der Waals surface area contributed by atoms with Crippen molar-refractivity contribution in [2.75, 3.05) is 13.1 Å². The van der Waals surface area contributed by atoms with Gasteiger partial charge in [0.15, 0.2) is 0 Å². The van der Waals surface area contributed by atoms with Crippen molar-refractivity contribution in [3.8, 4) is 0 Å². The number of halogens is 2. The van der Waals surface area contributed by atoms with Crippen LogP contribution in [0.5, 0.6) is 0 Å². The Morgan fingerprint density at radius 3 is 2.55 bits per heavy atom. The Bertz CT molecular complexity index is 528. The highest BCUT2D eigenvalue weighted by Crippen LogP contribution is 2.17. The van der Waals surface area contributed by atoms with Gasteiger partial charge < -0.3 is 10.2 Å². The molecule has 0 aromatic heterocycles. The van der Waals surface area contributed by atoms with Gasteiger partial charge in [-0.15, -0.1) is 0 Å². The normalized spacial score (nSPS) is 16.1. The van der Waals surface area contributed by atoms with Crippen molar-refractivity contribution in [3.63, 3.8) is 0 Å². The van der Waals surface area contributed by atoms with Gasteiger partial charge in [0.1, 0.15) is 5.82 Å². The fourth-order valence-electron chi connectivity index (χ4n) is 2.33. The Morgan fingerprint density at radius 2 is 2.00 bits per heavy atom. The smallest absolute Gasteiger partial charge is 0.253 e. The lowest BCUT2D eigenvalue weighted by Crippen LogP contribution is -2.46. The zero-order valence-electron chi connectivity index (χ0n) is 11.2. The summed E-state index contributed by atoms with van der Waals surface area (Å²) < 4.78 is 14.0. The van der Waals surface area contributed by atoms with E-state index in [-0.39, 0.29) is 23.7 Å². The predicted molar refractivity (Wildman–Crippen MR) is 81.9 cm³/mol. The second-order valence-corrected chi connectivity index (χ2v) is 6.06. The third kappa shape index (κ3) is 3.68. The topological polar surface area (TPSA) is 49.4 Å². The van der Waals surface area contributed by atoms with E-state index in [0.717, 1.165) is 12.8 Å². The van der Waals surface area contributed by atoms with E-state index in [4.69, 9.17) is 0 Å². The number of likely N-dealkylation sites (tertiary alicyclic amines) is 1. The maximum atomic E-state index is 13.5. The molecular weight excluding hydrogens is 374 g/mol. The Labute approximate surface area is 130 Å². The third-order valence-electron chi connectivity index (χ3n) is 3.36. The molecule has 2 rings (SSSR count). The minimum atomic E-state index is -0.371. The number of piperidine rings is 1. The molecule has 1 aliphatic heterocycles. The second-order valence-electron chi connectivity index (χ2n) is 4.90. The van der Waals surface area contributed by atoms with E-state index in [0.29, 0.717) is 22.2 Å². The molecule has 0 spiro atoms. The van der Waals surface area contributed by atoms with E-state index in [1.165, 1.54) is 13.0 Å². The van der Waals surface area contributed by atoms with Crippen molar-refractivity contribution in [3.05, 3.63) is 33.1 Å². The van der Waals surface area contributed by atoms with Crippen LogP contribution in [-0.4, -0.2) is 35.8 Å². The maximum absolute atomic E-state index is 13.5. The number of amides is 2. The van der Waals surface area contributed by atoms with Crippen LogP contribution < -0.4 is 5.32 Å². The van der Waals surface area contributed by atoms with Crippen LogP contribution in [-0.2, 0) is 4.79 Å². The molecule has 1 aromatic carbocycles. The number of rotatable bonds is 2. The maximum Gasteiger partial charge on any atom is 0.253 e. The molecule has 1 aliphatic rings. The number of hydrogen-bond acceptors (Lipinski definition) is 2. The van der Waals surface area contributed by atoms with Crippen molar-refractivity contribution < 1.29 is 14.0 Å². The highest BCUT2D eigenvalue weighted by Gasteiger charge is 2.24. The summed E-state index contributed by atoms with van der Waals surface area (Å²) in [5, 5.41) is 2.86. The minimum absolute atomic E-state index is 0.0468. The summed E-state index contributed by atoms with van der Waals surface area (Å²) in [4.78, 5) is 25.0. The molecular formula is C14H16FIN2O2. The molecule has 1 fully saturated rings. The van der Waals surface area contributed by atoms with Gasteiger partial charge in [0.2, 0.25) is 5.91 Å². The van der Waals surface area contributed by atoms with Gasteiger partial charge in [-0.2, -0.15) is 0 Å². The van der Waals surface area contributed by atoms with Crippen molar-refractivity contribution in [1.29, 1.82) is 0 Å². The van der Waals surface area contributed by atoms with Gasteiger partial charge >= 0.3 is 0 Å². The molecule has 0 unspecified atom stereocenters. The lowest BCUT2D eigenvalue weighted by molar-refractivity contribution is -0.119. The van der Waals surface area contributed by atoms with E-state index < -0.39 is 0 Å². The SMILES string of the molecule is CC(=O)NC1CCN(C(=O)c2ccc(I)c(F)c2)CC1. The molecule has 108 valence electrons. The van der Waals surface area contributed by atoms with E-state index in [2.05, 4.69) is 5.32 Å². The van der Waals surface area contributed by atoms with Crippen LogP contribution in [0.4, 0.5) is 4.39 Å². The van der Waals surface area contributed by atoms with Crippen LogP contribution in [0.15, 0.2) is 18.2 Å². The molecule has 6 heteroatoms. The molecule has 2 amide bonds. The van der Waals surface area contributed by atoms with Gasteiger partial charge in [-0.05, 0) is 53.6 Å². The largest absolute Gasteiger partial charge is 0.353 e. The van der Waals surface area contributed by atoms with Gasteiger partial charge in [-0.1, -0.05) is 0 Å². The number of carbonyl (C=O) groups excluding carboxylic acids is 2. The zero-order chi connectivity index (χ0) is 14.7. The lowest BCUT2D eigenvalue weighted by Gasteiger charge is -2.32. The van der Waals surface area contributed by atoms with E-state index in [1.54, 1.807) is 17.0 Å².